The van der Waals surface area contributed by atoms with Gasteiger partial charge in [-0.2, -0.15) is 4.39 Å². The van der Waals surface area contributed by atoms with Gasteiger partial charge in [-0.15, -0.1) is 13.2 Å². The van der Waals surface area contributed by atoms with Crippen LogP contribution in [0.3, 0.4) is 0 Å². The average molecular weight is 224 g/mol. The molecule has 0 saturated heterocycles. The number of aromatic nitrogens is 1. The van der Waals surface area contributed by atoms with Crippen LogP contribution in [0.25, 0.3) is 0 Å². The van der Waals surface area contributed by atoms with Crippen LogP contribution in [0.4, 0.5) is 17.6 Å². The minimum atomic E-state index is -5.00. The summed E-state index contributed by atoms with van der Waals surface area (Å²) in [6.45, 7) is 0. The highest BCUT2D eigenvalue weighted by Gasteiger charge is 2.33. The number of amides is 1. The van der Waals surface area contributed by atoms with E-state index in [0.29, 0.717) is 12.1 Å². The summed E-state index contributed by atoms with van der Waals surface area (Å²) in [5, 5.41) is 0. The van der Waals surface area contributed by atoms with Gasteiger partial charge < -0.3 is 10.5 Å². The summed E-state index contributed by atoms with van der Waals surface area (Å²) in [6, 6.07) is 1.24. The zero-order valence-electron chi connectivity index (χ0n) is 7.01. The fourth-order valence-electron chi connectivity index (χ4n) is 0.806. The fourth-order valence-corrected chi connectivity index (χ4v) is 0.806. The molecule has 8 heteroatoms. The molecule has 0 aliphatic heterocycles. The number of carbonyl (C=O) groups excluding carboxylic acids is 1. The average Bonchev–Trinajstić information content (AvgIpc) is 2.05. The van der Waals surface area contributed by atoms with E-state index in [1.54, 1.807) is 0 Å². The summed E-state index contributed by atoms with van der Waals surface area (Å²) >= 11 is 0. The molecule has 15 heavy (non-hydrogen) atoms. The van der Waals surface area contributed by atoms with Gasteiger partial charge in [-0.3, -0.25) is 4.79 Å². The fraction of sp³-hybridized carbons (Fsp3) is 0.143. The summed E-state index contributed by atoms with van der Waals surface area (Å²) in [5.41, 5.74) is 3.78. The van der Waals surface area contributed by atoms with Crippen molar-refractivity contribution in [2.24, 2.45) is 5.73 Å². The molecule has 0 spiro atoms. The first-order valence-corrected chi connectivity index (χ1v) is 3.51. The molecule has 0 bridgehead atoms. The molecule has 1 amide bonds. The molecule has 1 rings (SSSR count). The highest BCUT2D eigenvalue weighted by Crippen LogP contribution is 2.25. The van der Waals surface area contributed by atoms with Crippen LogP contribution >= 0.6 is 0 Å². The number of carbonyl (C=O) groups is 1. The maximum atomic E-state index is 12.5. The van der Waals surface area contributed by atoms with Gasteiger partial charge >= 0.3 is 6.36 Å². The molecule has 2 N–H and O–H groups in total. The second kappa shape index (κ2) is 3.71. The highest BCUT2D eigenvalue weighted by molar-refractivity contribution is 5.93. The van der Waals surface area contributed by atoms with Crippen LogP contribution in [0.15, 0.2) is 12.1 Å². The quantitative estimate of drug-likeness (QED) is 0.606. The van der Waals surface area contributed by atoms with E-state index in [-0.39, 0.29) is 0 Å². The number of pyridine rings is 1. The van der Waals surface area contributed by atoms with Crippen LogP contribution < -0.4 is 10.5 Å². The molecule has 1 heterocycles. The van der Waals surface area contributed by atoms with Gasteiger partial charge in [-0.1, -0.05) is 0 Å². The van der Waals surface area contributed by atoms with Crippen LogP contribution in [-0.2, 0) is 0 Å². The second-order valence-corrected chi connectivity index (χ2v) is 2.39. The minimum absolute atomic E-state index is 0.619. The Balaban J connectivity index is 3.12. The van der Waals surface area contributed by atoms with E-state index in [9.17, 15) is 22.4 Å². The van der Waals surface area contributed by atoms with E-state index in [1.165, 1.54) is 0 Å². The summed E-state index contributed by atoms with van der Waals surface area (Å²) in [7, 11) is 0. The Bertz CT molecular complexity index is 391. The molecule has 4 nitrogen and oxygen atoms in total. The summed E-state index contributed by atoms with van der Waals surface area (Å²) < 4.78 is 51.3. The predicted octanol–water partition coefficient (Wildman–Crippen LogP) is 1.22. The van der Waals surface area contributed by atoms with Gasteiger partial charge in [0.15, 0.2) is 11.4 Å². The van der Waals surface area contributed by atoms with Gasteiger partial charge in [0, 0.05) is 0 Å². The van der Waals surface area contributed by atoms with E-state index in [4.69, 9.17) is 0 Å². The van der Waals surface area contributed by atoms with E-state index in [0.717, 1.165) is 0 Å². The molecule has 0 atom stereocenters. The van der Waals surface area contributed by atoms with Crippen LogP contribution in [0.5, 0.6) is 5.75 Å². The van der Waals surface area contributed by atoms with Crippen molar-refractivity contribution in [1.82, 2.24) is 4.98 Å². The molecular formula is C7H4F4N2O2. The van der Waals surface area contributed by atoms with Crippen molar-refractivity contribution in [2.45, 2.75) is 6.36 Å². The second-order valence-electron chi connectivity index (χ2n) is 2.39. The van der Waals surface area contributed by atoms with Crippen molar-refractivity contribution in [2.75, 3.05) is 0 Å². The van der Waals surface area contributed by atoms with E-state index >= 15 is 0 Å². The first kappa shape index (κ1) is 11.2. The third kappa shape index (κ3) is 3.08. The monoisotopic (exact) mass is 224 g/mol. The summed E-state index contributed by atoms with van der Waals surface area (Å²) in [4.78, 5) is 13.5. The molecule has 0 fully saturated rings. The molecule has 0 aromatic carbocycles. The number of hydrogen-bond acceptors (Lipinski definition) is 3. The SMILES string of the molecule is NC(=O)c1nc(F)ccc1OC(F)(F)F. The molecule has 82 valence electrons. The largest absolute Gasteiger partial charge is 0.573 e. The van der Waals surface area contributed by atoms with Crippen molar-refractivity contribution in [3.8, 4) is 5.75 Å². The summed E-state index contributed by atoms with van der Waals surface area (Å²) in [6.07, 6.45) is -5.00. The Morgan fingerprint density at radius 2 is 2.00 bits per heavy atom. The normalized spacial score (nSPS) is 11.2. The van der Waals surface area contributed by atoms with Gasteiger partial charge in [-0.25, -0.2) is 4.98 Å². The highest BCUT2D eigenvalue weighted by atomic mass is 19.4. The lowest BCUT2D eigenvalue weighted by atomic mass is 10.3. The van der Waals surface area contributed by atoms with E-state index in [1.807, 2.05) is 0 Å². The topological polar surface area (TPSA) is 65.2 Å². The maximum absolute atomic E-state index is 12.5. The molecule has 0 saturated carbocycles. The molecule has 0 unspecified atom stereocenters. The predicted molar refractivity (Wildman–Crippen MR) is 39.4 cm³/mol. The number of rotatable bonds is 2. The lowest BCUT2D eigenvalue weighted by Gasteiger charge is -2.10. The standard InChI is InChI=1S/C7H4F4N2O2/c8-4-2-1-3(15-7(9,10)11)5(13-4)6(12)14/h1-2H,(H2,12,14). The van der Waals surface area contributed by atoms with Gasteiger partial charge in [-0.05, 0) is 12.1 Å². The molecule has 0 radical (unpaired) electrons. The Morgan fingerprint density at radius 3 is 2.47 bits per heavy atom. The van der Waals surface area contributed by atoms with Gasteiger partial charge in [0.1, 0.15) is 0 Å². The zero-order chi connectivity index (χ0) is 11.6. The first-order chi connectivity index (χ1) is 6.79. The molecule has 1 aromatic heterocycles. The van der Waals surface area contributed by atoms with Crippen molar-refractivity contribution in [1.29, 1.82) is 0 Å². The van der Waals surface area contributed by atoms with Gasteiger partial charge in [0.2, 0.25) is 5.95 Å². The molecule has 0 aliphatic carbocycles. The lowest BCUT2D eigenvalue weighted by Crippen LogP contribution is -2.22. The molecular weight excluding hydrogens is 220 g/mol. The lowest BCUT2D eigenvalue weighted by molar-refractivity contribution is -0.274. The third-order valence-corrected chi connectivity index (χ3v) is 1.28. The van der Waals surface area contributed by atoms with Crippen LogP contribution in [0.1, 0.15) is 10.5 Å². The zero-order valence-corrected chi connectivity index (χ0v) is 7.01. The number of alkyl halides is 3. The van der Waals surface area contributed by atoms with Crippen molar-refractivity contribution >= 4 is 5.91 Å². The van der Waals surface area contributed by atoms with Crippen LogP contribution in [0.2, 0.25) is 0 Å². The number of ether oxygens (including phenoxy) is 1. The van der Waals surface area contributed by atoms with Crippen molar-refractivity contribution in [3.05, 3.63) is 23.8 Å². The maximum Gasteiger partial charge on any atom is 0.573 e. The number of hydrogen-bond donors (Lipinski definition) is 1. The number of nitrogens with two attached hydrogens (primary N) is 1. The van der Waals surface area contributed by atoms with Gasteiger partial charge in [0.25, 0.3) is 5.91 Å². The molecule has 1 aromatic rings. The number of nitrogens with zero attached hydrogens (tertiary/aromatic N) is 1. The van der Waals surface area contributed by atoms with Crippen molar-refractivity contribution < 1.29 is 27.1 Å². The number of primary amides is 1. The van der Waals surface area contributed by atoms with Crippen molar-refractivity contribution in [3.63, 3.8) is 0 Å². The smallest absolute Gasteiger partial charge is 0.403 e. The Hall–Kier alpha value is -1.86. The van der Waals surface area contributed by atoms with E-state index < -0.39 is 29.7 Å². The Morgan fingerprint density at radius 1 is 1.40 bits per heavy atom. The number of halogens is 4. The van der Waals surface area contributed by atoms with Crippen LogP contribution in [-0.4, -0.2) is 17.3 Å². The van der Waals surface area contributed by atoms with Gasteiger partial charge in [0.05, 0.1) is 0 Å². The Kier molecular flexibility index (Phi) is 2.78. The Labute approximate surface area is 80.7 Å². The van der Waals surface area contributed by atoms with Crippen LogP contribution in [0, 0.1) is 5.95 Å². The third-order valence-electron chi connectivity index (χ3n) is 1.28. The van der Waals surface area contributed by atoms with E-state index in [2.05, 4.69) is 15.5 Å². The molecule has 0 aliphatic rings. The summed E-state index contributed by atoms with van der Waals surface area (Å²) in [5.74, 6) is -3.37. The minimum Gasteiger partial charge on any atom is -0.403 e. The first-order valence-electron chi connectivity index (χ1n) is 3.51.